The molecule has 1 aliphatic heterocycles. The number of para-hydroxylation sites is 1. The third-order valence-corrected chi connectivity index (χ3v) is 6.83. The van der Waals surface area contributed by atoms with Crippen LogP contribution in [0.1, 0.15) is 21.7 Å². The molecule has 2 heterocycles. The predicted molar refractivity (Wildman–Crippen MR) is 125 cm³/mol. The first-order valence-corrected chi connectivity index (χ1v) is 11.4. The van der Waals surface area contributed by atoms with Gasteiger partial charge in [-0.2, -0.15) is 0 Å². The molecule has 0 saturated carbocycles. The number of amides is 2. The van der Waals surface area contributed by atoms with E-state index in [1.807, 2.05) is 23.1 Å². The Kier molecular flexibility index (Phi) is 7.02. The Morgan fingerprint density at radius 2 is 1.81 bits per heavy atom. The monoisotopic (exact) mass is 455 g/mol. The highest BCUT2D eigenvalue weighted by Crippen LogP contribution is 2.33. The SMILES string of the molecule is COCc1c(C(=O)NCCC(=O)N2CCN(c3ccccc3)CC2)sc2cccc(F)c12. The molecule has 0 aliphatic carbocycles. The molecule has 168 valence electrons. The first-order valence-electron chi connectivity index (χ1n) is 10.6. The molecule has 0 bridgehead atoms. The Morgan fingerprint density at radius 3 is 2.53 bits per heavy atom. The minimum absolute atomic E-state index is 0.0255. The van der Waals surface area contributed by atoms with Gasteiger partial charge in [0.1, 0.15) is 5.82 Å². The first kappa shape index (κ1) is 22.2. The molecule has 3 aromatic rings. The van der Waals surface area contributed by atoms with Crippen molar-refractivity contribution in [2.45, 2.75) is 13.0 Å². The van der Waals surface area contributed by atoms with E-state index in [1.165, 1.54) is 30.2 Å². The molecule has 1 saturated heterocycles. The number of thiophene rings is 1. The normalized spacial score (nSPS) is 14.1. The Bertz CT molecular complexity index is 1090. The van der Waals surface area contributed by atoms with E-state index in [1.54, 1.807) is 12.1 Å². The van der Waals surface area contributed by atoms with E-state index in [4.69, 9.17) is 4.74 Å². The molecule has 6 nitrogen and oxygen atoms in total. The van der Waals surface area contributed by atoms with Crippen molar-refractivity contribution in [1.29, 1.82) is 0 Å². The van der Waals surface area contributed by atoms with Gasteiger partial charge in [0.2, 0.25) is 5.91 Å². The van der Waals surface area contributed by atoms with Gasteiger partial charge in [-0.15, -0.1) is 11.3 Å². The zero-order valence-electron chi connectivity index (χ0n) is 18.0. The summed E-state index contributed by atoms with van der Waals surface area (Å²) in [5.41, 5.74) is 1.71. The van der Waals surface area contributed by atoms with Gasteiger partial charge in [0.05, 0.1) is 11.5 Å². The number of piperazine rings is 1. The molecular weight excluding hydrogens is 429 g/mol. The minimum atomic E-state index is -0.366. The van der Waals surface area contributed by atoms with E-state index in [-0.39, 0.29) is 37.2 Å². The Labute approximate surface area is 190 Å². The number of benzene rings is 2. The van der Waals surface area contributed by atoms with Crippen molar-refractivity contribution < 1.29 is 18.7 Å². The summed E-state index contributed by atoms with van der Waals surface area (Å²) in [5, 5.41) is 3.25. The number of hydrogen-bond acceptors (Lipinski definition) is 5. The summed E-state index contributed by atoms with van der Waals surface area (Å²) in [6.07, 6.45) is 0.232. The lowest BCUT2D eigenvalue weighted by Gasteiger charge is -2.36. The van der Waals surface area contributed by atoms with Crippen molar-refractivity contribution in [2.24, 2.45) is 0 Å². The molecule has 1 N–H and O–H groups in total. The fourth-order valence-corrected chi connectivity index (χ4v) is 5.15. The number of methoxy groups -OCH3 is 1. The van der Waals surface area contributed by atoms with E-state index in [2.05, 4.69) is 22.3 Å². The van der Waals surface area contributed by atoms with Crippen molar-refractivity contribution in [3.63, 3.8) is 0 Å². The molecule has 4 rings (SSSR count). The second-order valence-electron chi connectivity index (χ2n) is 7.67. The summed E-state index contributed by atoms with van der Waals surface area (Å²) in [7, 11) is 1.52. The molecule has 0 unspecified atom stereocenters. The average Bonchev–Trinajstić information content (AvgIpc) is 3.20. The van der Waals surface area contributed by atoms with Crippen LogP contribution in [0.5, 0.6) is 0 Å². The molecular formula is C24H26FN3O3S. The molecule has 2 aromatic carbocycles. The molecule has 2 amide bonds. The molecule has 8 heteroatoms. The average molecular weight is 456 g/mol. The first-order chi connectivity index (χ1) is 15.6. The number of nitrogens with one attached hydrogen (secondary N) is 1. The molecule has 1 aliphatic rings. The summed E-state index contributed by atoms with van der Waals surface area (Å²) >= 11 is 1.24. The fraction of sp³-hybridized carbons (Fsp3) is 0.333. The van der Waals surface area contributed by atoms with E-state index in [9.17, 15) is 14.0 Å². The molecule has 1 fully saturated rings. The van der Waals surface area contributed by atoms with Gasteiger partial charge in [-0.05, 0) is 24.3 Å². The van der Waals surface area contributed by atoms with E-state index in [0.29, 0.717) is 33.6 Å². The van der Waals surface area contributed by atoms with Crippen molar-refractivity contribution >= 4 is 38.9 Å². The largest absolute Gasteiger partial charge is 0.380 e. The van der Waals surface area contributed by atoms with Crippen LogP contribution in [0.4, 0.5) is 10.1 Å². The van der Waals surface area contributed by atoms with Gasteiger partial charge in [0.25, 0.3) is 5.91 Å². The summed E-state index contributed by atoms with van der Waals surface area (Å²) < 4.78 is 20.2. The topological polar surface area (TPSA) is 61.9 Å². The maximum absolute atomic E-state index is 14.3. The van der Waals surface area contributed by atoms with E-state index < -0.39 is 0 Å². The summed E-state index contributed by atoms with van der Waals surface area (Å²) in [6, 6.07) is 15.0. The van der Waals surface area contributed by atoms with Crippen LogP contribution >= 0.6 is 11.3 Å². The highest BCUT2D eigenvalue weighted by Gasteiger charge is 2.23. The lowest BCUT2D eigenvalue weighted by atomic mass is 10.1. The van der Waals surface area contributed by atoms with Crippen LogP contribution in [0.25, 0.3) is 10.1 Å². The van der Waals surface area contributed by atoms with Crippen molar-refractivity contribution in [2.75, 3.05) is 44.7 Å². The molecule has 32 heavy (non-hydrogen) atoms. The second kappa shape index (κ2) is 10.1. The van der Waals surface area contributed by atoms with Crippen LogP contribution in [-0.2, 0) is 16.1 Å². The van der Waals surface area contributed by atoms with Gasteiger partial charge in [-0.3, -0.25) is 9.59 Å². The van der Waals surface area contributed by atoms with Crippen molar-refractivity contribution in [1.82, 2.24) is 10.2 Å². The van der Waals surface area contributed by atoms with Crippen LogP contribution in [0.2, 0.25) is 0 Å². The zero-order chi connectivity index (χ0) is 22.5. The Balaban J connectivity index is 1.31. The third-order valence-electron chi connectivity index (χ3n) is 5.64. The minimum Gasteiger partial charge on any atom is -0.380 e. The lowest BCUT2D eigenvalue weighted by molar-refractivity contribution is -0.131. The fourth-order valence-electron chi connectivity index (χ4n) is 4.01. The molecule has 0 atom stereocenters. The van der Waals surface area contributed by atoms with Crippen LogP contribution < -0.4 is 10.2 Å². The molecule has 1 aromatic heterocycles. The van der Waals surface area contributed by atoms with Crippen LogP contribution in [0, 0.1) is 5.82 Å². The lowest BCUT2D eigenvalue weighted by Crippen LogP contribution is -2.49. The van der Waals surface area contributed by atoms with Gasteiger partial charge >= 0.3 is 0 Å². The van der Waals surface area contributed by atoms with Gasteiger partial charge in [-0.1, -0.05) is 24.3 Å². The number of rotatable bonds is 7. The van der Waals surface area contributed by atoms with Crippen molar-refractivity contribution in [3.8, 4) is 0 Å². The highest BCUT2D eigenvalue weighted by molar-refractivity contribution is 7.21. The molecule has 0 radical (unpaired) electrons. The number of anilines is 1. The van der Waals surface area contributed by atoms with E-state index >= 15 is 0 Å². The Morgan fingerprint density at radius 1 is 1.06 bits per heavy atom. The summed E-state index contributed by atoms with van der Waals surface area (Å²) in [4.78, 5) is 29.9. The Hall–Kier alpha value is -2.97. The van der Waals surface area contributed by atoms with Gasteiger partial charge < -0.3 is 19.9 Å². The number of hydrogen-bond donors (Lipinski definition) is 1. The van der Waals surface area contributed by atoms with E-state index in [0.717, 1.165) is 13.1 Å². The maximum atomic E-state index is 14.3. The number of fused-ring (bicyclic) bond motifs is 1. The second-order valence-corrected chi connectivity index (χ2v) is 8.72. The quantitative estimate of drug-likeness (QED) is 0.591. The summed E-state index contributed by atoms with van der Waals surface area (Å²) in [6.45, 7) is 3.28. The third kappa shape index (κ3) is 4.76. The molecule has 0 spiro atoms. The van der Waals surface area contributed by atoms with Crippen LogP contribution in [-0.4, -0.2) is 56.5 Å². The maximum Gasteiger partial charge on any atom is 0.261 e. The smallest absolute Gasteiger partial charge is 0.261 e. The number of carbonyl (C=O) groups excluding carboxylic acids is 2. The number of nitrogens with zero attached hydrogens (tertiary/aromatic N) is 2. The number of ether oxygens (including phenoxy) is 1. The van der Waals surface area contributed by atoms with Crippen LogP contribution in [0.3, 0.4) is 0 Å². The predicted octanol–water partition coefficient (Wildman–Crippen LogP) is 3.66. The van der Waals surface area contributed by atoms with Crippen LogP contribution in [0.15, 0.2) is 48.5 Å². The highest BCUT2D eigenvalue weighted by atomic mass is 32.1. The van der Waals surface area contributed by atoms with Gasteiger partial charge in [-0.25, -0.2) is 4.39 Å². The van der Waals surface area contributed by atoms with Gasteiger partial charge in [0.15, 0.2) is 0 Å². The van der Waals surface area contributed by atoms with Crippen molar-refractivity contribution in [3.05, 3.63) is 64.8 Å². The number of carbonyl (C=O) groups is 2. The zero-order valence-corrected chi connectivity index (χ0v) is 18.8. The van der Waals surface area contributed by atoms with Gasteiger partial charge in [0, 0.05) is 67.6 Å². The summed E-state index contributed by atoms with van der Waals surface area (Å²) in [5.74, 6) is -0.647. The number of halogens is 1. The standard InChI is InChI=1S/C24H26FN3O3S/c1-31-16-18-22-19(25)8-5-9-20(22)32-23(18)24(30)26-11-10-21(29)28-14-12-27(13-15-28)17-6-3-2-4-7-17/h2-9H,10-16H2,1H3,(H,26,30).